The summed E-state index contributed by atoms with van der Waals surface area (Å²) in [7, 11) is -15.7. The van der Waals surface area contributed by atoms with Gasteiger partial charge in [-0.2, -0.15) is 0 Å². The molecule has 7 heterocycles. The smallest absolute Gasteiger partial charge is 0.409 e. The van der Waals surface area contributed by atoms with Crippen LogP contribution in [0, 0.1) is 0 Å². The molecule has 1 N–H and O–H groups in total. The van der Waals surface area contributed by atoms with Crippen LogP contribution >= 0.6 is 45.3 Å². The maximum absolute atomic E-state index is 14.5. The van der Waals surface area contributed by atoms with Gasteiger partial charge in [-0.15, -0.1) is 0 Å². The topological polar surface area (TPSA) is 307 Å². The van der Waals surface area contributed by atoms with Crippen molar-refractivity contribution >= 4 is 51.4 Å². The number of nitrogens with zero attached hydrogens (tertiary/aromatic N) is 9. The number of carbonyl (C=O) groups is 1. The van der Waals surface area contributed by atoms with Crippen LogP contribution in [0.1, 0.15) is 36.0 Å². The largest absolute Gasteiger partial charge is 0.447 e. The quantitative estimate of drug-likeness (QED) is 0.0702. The molecule has 32 nitrogen and oxygen atoms in total. The fourth-order valence-corrected chi connectivity index (χ4v) is 21.8. The van der Waals surface area contributed by atoms with Gasteiger partial charge < -0.3 is 84.7 Å². The Morgan fingerprint density at radius 3 is 1.17 bits per heavy atom. The van der Waals surface area contributed by atoms with Gasteiger partial charge in [0.05, 0.1) is 148 Å². The molecular weight excluding hydrogens is 1330 g/mol. The molecule has 18 atom stereocenters. The normalized spacial score (nSPS) is 34.4. The summed E-state index contributed by atoms with van der Waals surface area (Å²) in [6.45, 7) is 21.1. The molecule has 0 saturated carbocycles. The first-order valence-corrected chi connectivity index (χ1v) is 43.6. The third kappa shape index (κ3) is 24.0. The molecule has 0 radical (unpaired) electrons. The summed E-state index contributed by atoms with van der Waals surface area (Å²) in [6.07, 6.45) is -5.40. The van der Waals surface area contributed by atoms with Crippen molar-refractivity contribution in [2.45, 2.75) is 102 Å². The van der Waals surface area contributed by atoms with E-state index in [1.54, 1.807) is 48.8 Å². The second-order valence-corrected chi connectivity index (χ2v) is 40.2. The van der Waals surface area contributed by atoms with E-state index >= 15 is 0 Å². The number of amides is 1. The molecule has 7 fully saturated rings. The number of rotatable bonds is 33. The second-order valence-electron chi connectivity index (χ2n) is 25.5. The molecule has 7 rings (SSSR count). The molecule has 7 aliphatic rings. The van der Waals surface area contributed by atoms with E-state index < -0.39 is 101 Å². The van der Waals surface area contributed by atoms with E-state index in [2.05, 4.69) is 4.90 Å². The summed E-state index contributed by atoms with van der Waals surface area (Å²) < 4.78 is 196. The number of piperazine rings is 1. The molecule has 538 valence electrons. The van der Waals surface area contributed by atoms with Crippen LogP contribution in [-0.2, 0) is 97.2 Å². The Labute approximate surface area is 547 Å². The van der Waals surface area contributed by atoms with Crippen molar-refractivity contribution in [1.29, 1.82) is 0 Å². The number of hydrogen-bond acceptors (Lipinski definition) is 24. The molecule has 0 spiro atoms. The molecule has 1 amide bonds. The highest BCUT2D eigenvalue weighted by atomic mass is 31.2. The van der Waals surface area contributed by atoms with Crippen molar-refractivity contribution in [1.82, 2.24) is 42.5 Å². The average Bonchev–Trinajstić information content (AvgIpc) is 0.830. The lowest BCUT2D eigenvalue weighted by atomic mass is 10.2. The number of aliphatic hydroxyl groups is 1. The minimum atomic E-state index is -3.59. The Hall–Kier alpha value is -0.270. The lowest BCUT2D eigenvalue weighted by Gasteiger charge is -2.43. The first kappa shape index (κ1) is 77.5. The Kier molecular flexibility index (Phi) is 30.2. The Bertz CT molecular complexity index is 2640. The van der Waals surface area contributed by atoms with Crippen molar-refractivity contribution in [2.24, 2.45) is 0 Å². The van der Waals surface area contributed by atoms with E-state index in [-0.39, 0.29) is 169 Å². The molecule has 6 unspecified atom stereocenters. The van der Waals surface area contributed by atoms with Gasteiger partial charge in [-0.1, -0.05) is 0 Å². The number of aliphatic hydroxyl groups excluding tert-OH is 1. The van der Waals surface area contributed by atoms with Gasteiger partial charge in [-0.3, -0.25) is 27.4 Å². The van der Waals surface area contributed by atoms with Crippen LogP contribution in [0.4, 0.5) is 4.79 Å². The maximum atomic E-state index is 14.5. The van der Waals surface area contributed by atoms with Crippen molar-refractivity contribution in [3.8, 4) is 0 Å². The van der Waals surface area contributed by atoms with E-state index in [0.717, 1.165) is 6.54 Å². The molecule has 7 saturated heterocycles. The summed E-state index contributed by atoms with van der Waals surface area (Å²) in [6, 6.07) is 0. The van der Waals surface area contributed by atoms with Gasteiger partial charge in [0.1, 0.15) is 6.61 Å². The van der Waals surface area contributed by atoms with Crippen LogP contribution in [0.5, 0.6) is 0 Å². The first-order chi connectivity index (χ1) is 43.6. The van der Waals surface area contributed by atoms with Gasteiger partial charge in [-0.05, 0) is 55.8 Å². The molecule has 0 aromatic heterocycles. The van der Waals surface area contributed by atoms with Crippen LogP contribution in [0.2, 0.25) is 0 Å². The summed E-state index contributed by atoms with van der Waals surface area (Å²) in [5, 5.41) is 8.79. The minimum Gasteiger partial charge on any atom is -0.447 e. The SMILES string of the molecule is [3H][C@H]1CN(P(C)(=O)OC[C@@H]2CN(P(C)(=O)OC[C@@H]3CN(C)C[C@H](C)O3)C[C@H](C)O2)C[C@@H](COP(C)(=O)N2C[C@@H](COP(C)(=O)N3C[C@@H](COP(C)(=O)N4C[C@@H](COP(=O)(N(C)C)N5CCN(C(=O)OCCOCCOCCO)CC5)O[C@@H](C)C4)O[C@@H](C)C3)O[C@@H](C)C2)O1. The fraction of sp³-hybridized carbons (Fsp3) is 0.981. The molecule has 7 aliphatic heterocycles. The number of ether oxygens (including phenoxy) is 9. The van der Waals surface area contributed by atoms with Gasteiger partial charge in [0.25, 0.3) is 37.6 Å². The minimum absolute atomic E-state index is 0.00572. The van der Waals surface area contributed by atoms with Crippen LogP contribution in [0.3, 0.4) is 0 Å². The number of likely N-dealkylation sites (N-methyl/N-ethyl adjacent to an activating group) is 1. The predicted molar refractivity (Wildman–Crippen MR) is 345 cm³/mol. The van der Waals surface area contributed by atoms with Gasteiger partial charge in [0.15, 0.2) is 0 Å². The van der Waals surface area contributed by atoms with Crippen molar-refractivity contribution in [2.75, 3.05) is 245 Å². The zero-order valence-corrected chi connectivity index (χ0v) is 61.7. The molecule has 0 aromatic carbocycles. The molecule has 38 heteroatoms. The molecule has 0 bridgehead atoms. The summed E-state index contributed by atoms with van der Waals surface area (Å²) in [5.74, 6) is 0. The monoisotopic (exact) mass is 1440 g/mol. The van der Waals surface area contributed by atoms with Crippen molar-refractivity contribution < 1.29 is 108 Å². The molecular formula is C54H109N9O23P6. The van der Waals surface area contributed by atoms with E-state index in [4.69, 9.17) is 76.3 Å². The van der Waals surface area contributed by atoms with E-state index in [1.165, 1.54) is 36.2 Å². The lowest BCUT2D eigenvalue weighted by molar-refractivity contribution is -0.0903. The zero-order chi connectivity index (χ0) is 68.1. The first-order valence-electron chi connectivity index (χ1n) is 32.5. The highest BCUT2D eigenvalue weighted by Gasteiger charge is 2.45. The van der Waals surface area contributed by atoms with E-state index in [9.17, 15) is 32.2 Å². The van der Waals surface area contributed by atoms with Gasteiger partial charge in [0, 0.05) is 138 Å². The van der Waals surface area contributed by atoms with E-state index in [1.807, 2.05) is 41.7 Å². The average molecular weight is 1440 g/mol. The van der Waals surface area contributed by atoms with Gasteiger partial charge >= 0.3 is 13.8 Å². The highest BCUT2D eigenvalue weighted by Crippen LogP contribution is 2.56. The zero-order valence-electron chi connectivity index (χ0n) is 57.4. The Morgan fingerprint density at radius 2 is 0.783 bits per heavy atom. The highest BCUT2D eigenvalue weighted by molar-refractivity contribution is 7.57. The third-order valence-electron chi connectivity index (χ3n) is 16.7. The van der Waals surface area contributed by atoms with Crippen LogP contribution in [0.15, 0.2) is 0 Å². The van der Waals surface area contributed by atoms with Gasteiger partial charge in [0.2, 0.25) is 0 Å². The second kappa shape index (κ2) is 35.9. The van der Waals surface area contributed by atoms with Crippen molar-refractivity contribution in [3.63, 3.8) is 0 Å². The maximum Gasteiger partial charge on any atom is 0.409 e. The number of hydrogen-bond donors (Lipinski definition) is 1. The standard InChI is InChI=1S/C54H109N9O23P6/c1-43-26-56(8)31-49(82-43)38-78-89(11,68)61-28-45(3)83-50(33-61)39-77-87(9,66)59-18-20-74-48(32-59)37-76-88(10,67)60-27-44(2)84-51(34-60)40-79-90(12,69)62-29-46(4)85-52(35-62)41-80-91(13,70)63-30-47(5)86-53(36-63)42-81-92(71,55(6)7)58-16-14-57(15-17-58)54(65)75-25-24-73-23-22-72-21-19-64/h43-53,64H,14-42H2,1-13H3/t43-,44-,45-,46-,47-,48-,49-,50-,51-,52-,53-,87?,88?,89?,90?,91?,92?/m0/s1/i20T/t20-,43-,44-,45-,46-,47-,48-,49-,50-,51-,52-,53-,87?,88?,89?,90?,91?,92?. The Morgan fingerprint density at radius 1 is 0.446 bits per heavy atom. The Balaban J connectivity index is 0.829. The van der Waals surface area contributed by atoms with E-state index in [0.29, 0.717) is 32.8 Å². The number of carbonyl (C=O) groups excluding carboxylic acids is 1. The molecule has 92 heavy (non-hydrogen) atoms. The fourth-order valence-electron chi connectivity index (χ4n) is 12.0. The van der Waals surface area contributed by atoms with Crippen LogP contribution < -0.4 is 0 Å². The summed E-state index contributed by atoms with van der Waals surface area (Å²) in [4.78, 5) is 16.5. The van der Waals surface area contributed by atoms with Crippen molar-refractivity contribution in [3.05, 3.63) is 0 Å². The lowest BCUT2D eigenvalue weighted by Crippen LogP contribution is -2.50. The van der Waals surface area contributed by atoms with Gasteiger partial charge in [-0.25, -0.2) is 37.5 Å². The molecule has 0 aliphatic carbocycles. The molecule has 0 aromatic rings. The third-order valence-corrected chi connectivity index (χ3v) is 29.2. The summed E-state index contributed by atoms with van der Waals surface area (Å²) in [5.41, 5.74) is 0. The number of morpholine rings is 6. The summed E-state index contributed by atoms with van der Waals surface area (Å²) >= 11 is 0. The predicted octanol–water partition coefficient (Wildman–Crippen LogP) is 4.43. The van der Waals surface area contributed by atoms with Crippen LogP contribution in [-0.4, -0.2) is 366 Å². The van der Waals surface area contributed by atoms with Crippen LogP contribution in [0.25, 0.3) is 0 Å².